The zero-order valence-electron chi connectivity index (χ0n) is 79.8. The van der Waals surface area contributed by atoms with Gasteiger partial charge in [0.25, 0.3) is 0 Å². The third-order valence-electron chi connectivity index (χ3n) is 22.6. The quantitative estimate of drug-likeness (QED) is 0.0401. The van der Waals surface area contributed by atoms with Gasteiger partial charge in [-0.15, -0.1) is 0 Å². The predicted octanol–water partition coefficient (Wildman–Crippen LogP) is 25.0. The second kappa shape index (κ2) is 58.4. The summed E-state index contributed by atoms with van der Waals surface area (Å²) in [6.45, 7) is 0. The molecule has 24 aromatic rings. The molecule has 6 heterocycles. The number of fused-ring (bicyclic) bond motifs is 6. The SMILES string of the molecule is O.O.O=[N+]([O-])[O-].O=[N+]([O-])[O-].[Cu+].[Cu+].c1ccc(P(c2ccccc2)c2ccccc2)cc1.c1ccc(P(c2ccccc2)c2ccccc2)cc1.c1ccc(P(c2ccccc2)c2ccccc2)cc1.c1ccc(P(c2ccccc2)c2ccccc2)cc1.c1ccc2nc(-c3ccc4ccccc4n3)ccc2c1.c1ccc2nc(-c3ccc4ccccc4n3)ccc2c1.c1ccc2nc(-c3ccc4ccccc4n3)ccc2c1. The minimum atomic E-state index is -1.75. The molecular weight excluding hydrogens is 2000 g/mol. The van der Waals surface area contributed by atoms with Gasteiger partial charge >= 0.3 is 34.1 Å². The molecule has 0 radical (unpaired) electrons. The first kappa shape index (κ1) is 110. The largest absolute Gasteiger partial charge is 1.00 e. The molecule has 22 heteroatoms. The minimum absolute atomic E-state index is 0. The minimum Gasteiger partial charge on any atom is -0.412 e. The van der Waals surface area contributed by atoms with Crippen LogP contribution in [-0.2, 0) is 34.1 Å². The average molecular weight is 2110 g/mol. The van der Waals surface area contributed by atoms with Crippen LogP contribution in [0.5, 0.6) is 0 Å². The van der Waals surface area contributed by atoms with Crippen LogP contribution in [0, 0.1) is 30.6 Å². The van der Waals surface area contributed by atoms with Gasteiger partial charge in [-0.1, -0.05) is 510 Å². The maximum Gasteiger partial charge on any atom is 1.00 e. The van der Waals surface area contributed by atoms with Gasteiger partial charge in [0.2, 0.25) is 0 Å². The second-order valence-corrected chi connectivity index (χ2v) is 41.0. The van der Waals surface area contributed by atoms with Crippen molar-refractivity contribution in [2.45, 2.75) is 0 Å². The molecule has 0 amide bonds. The van der Waals surface area contributed by atoms with E-state index in [0.717, 1.165) is 99.6 Å². The molecular formula is C126H100Cu2N8O8P4. The van der Waals surface area contributed by atoms with Crippen LogP contribution in [0.1, 0.15) is 0 Å². The fourth-order valence-electron chi connectivity index (χ4n) is 16.0. The van der Waals surface area contributed by atoms with Crippen molar-refractivity contribution < 1.29 is 55.3 Å². The Hall–Kier alpha value is -16.5. The Morgan fingerprint density at radius 1 is 0.135 bits per heavy atom. The Bertz CT molecular complexity index is 6680. The van der Waals surface area contributed by atoms with Crippen molar-refractivity contribution in [1.29, 1.82) is 0 Å². The summed E-state index contributed by atoms with van der Waals surface area (Å²) in [7, 11) is -1.78. The summed E-state index contributed by atoms with van der Waals surface area (Å²) in [6.07, 6.45) is 0. The van der Waals surface area contributed by atoms with Crippen LogP contribution in [0.25, 0.3) is 99.6 Å². The summed E-state index contributed by atoms with van der Waals surface area (Å²) < 4.78 is 0. The van der Waals surface area contributed by atoms with Gasteiger partial charge in [-0.2, -0.15) is 0 Å². The van der Waals surface area contributed by atoms with Crippen LogP contribution in [0.3, 0.4) is 0 Å². The molecule has 0 fully saturated rings. The molecule has 0 unspecified atom stereocenters. The van der Waals surface area contributed by atoms with Gasteiger partial charge in [0, 0.05) is 32.3 Å². The summed E-state index contributed by atoms with van der Waals surface area (Å²) in [5, 5.41) is 53.2. The van der Waals surface area contributed by atoms with E-state index in [9.17, 15) is 0 Å². The van der Waals surface area contributed by atoms with Gasteiger partial charge in [0.15, 0.2) is 0 Å². The number of aromatic nitrogens is 6. The van der Waals surface area contributed by atoms with Crippen molar-refractivity contribution in [3.63, 3.8) is 0 Å². The zero-order chi connectivity index (χ0) is 98.9. The predicted molar refractivity (Wildman–Crippen MR) is 616 cm³/mol. The van der Waals surface area contributed by atoms with Gasteiger partial charge in [-0.3, -0.25) is 0 Å². The van der Waals surface area contributed by atoms with E-state index in [-0.39, 0.29) is 45.1 Å². The molecule has 0 atom stereocenters. The van der Waals surface area contributed by atoms with E-state index in [1.165, 1.54) is 63.7 Å². The molecule has 148 heavy (non-hydrogen) atoms. The number of para-hydroxylation sites is 6. The van der Waals surface area contributed by atoms with Gasteiger partial charge in [0.05, 0.1) is 77.4 Å². The normalized spacial score (nSPS) is 10.2. The molecule has 6 aromatic heterocycles. The monoisotopic (exact) mass is 2100 g/mol. The van der Waals surface area contributed by atoms with E-state index in [2.05, 4.69) is 467 Å². The summed E-state index contributed by atoms with van der Waals surface area (Å²) >= 11 is 0. The van der Waals surface area contributed by atoms with Crippen molar-refractivity contribution in [2.24, 2.45) is 0 Å². The van der Waals surface area contributed by atoms with Crippen molar-refractivity contribution in [3.05, 3.63) is 613 Å². The molecule has 0 aliphatic rings. The van der Waals surface area contributed by atoms with Crippen LogP contribution in [0.15, 0.2) is 582 Å². The first-order valence-electron chi connectivity index (χ1n) is 46.6. The van der Waals surface area contributed by atoms with Crippen molar-refractivity contribution >= 4 is 161 Å². The molecule has 16 nitrogen and oxygen atoms in total. The second-order valence-electron chi connectivity index (χ2n) is 32.2. The van der Waals surface area contributed by atoms with E-state index in [1.54, 1.807) is 0 Å². The summed E-state index contributed by atoms with van der Waals surface area (Å²) in [5.74, 6) is 0. The average Bonchev–Trinajstić information content (AvgIpc) is 0.803. The van der Waals surface area contributed by atoms with Crippen molar-refractivity contribution in [2.75, 3.05) is 0 Å². The van der Waals surface area contributed by atoms with Gasteiger partial charge in [-0.25, -0.2) is 29.9 Å². The third-order valence-corrected chi connectivity index (χ3v) is 32.3. The molecule has 0 bridgehead atoms. The van der Waals surface area contributed by atoms with Gasteiger partial charge in [0.1, 0.15) is 0 Å². The number of hydrogen-bond acceptors (Lipinski definition) is 12. The molecule has 0 spiro atoms. The van der Waals surface area contributed by atoms with E-state index >= 15 is 0 Å². The molecule has 24 rings (SSSR count). The molecule has 734 valence electrons. The summed E-state index contributed by atoms with van der Waals surface area (Å²) in [4.78, 5) is 44.6. The molecule has 0 aliphatic heterocycles. The van der Waals surface area contributed by atoms with Crippen molar-refractivity contribution in [3.8, 4) is 34.2 Å². The van der Waals surface area contributed by atoms with Crippen LogP contribution in [-0.4, -0.2) is 51.0 Å². The Kier molecular flexibility index (Phi) is 43.6. The number of nitrogens with zero attached hydrogens (tertiary/aromatic N) is 8. The third kappa shape index (κ3) is 31.8. The van der Waals surface area contributed by atoms with Crippen LogP contribution >= 0.6 is 31.7 Å². The standard InChI is InChI=1S/3C18H12N2.4C18H15P.2Cu.2NO3.2H2O/c3*1-3-7-15-13(5-1)9-11-17(19-15)18-12-10-14-6-2-4-8-16(14)20-18;4*1-4-10-16(11-5-1)19(17-12-6-2-7-13-17)18-14-8-3-9-15-18;;;2*2-1(3)4;;/h3*1-12H;4*1-15H;;;;;2*1H2/q;;;;;;;2*+1;2*-1;;. The number of hydrogen-bond donors (Lipinski definition) is 0. The summed E-state index contributed by atoms with van der Waals surface area (Å²) in [6, 6.07) is 203. The van der Waals surface area contributed by atoms with E-state index in [1.807, 2.05) is 146 Å². The van der Waals surface area contributed by atoms with Crippen LogP contribution < -0.4 is 63.7 Å². The smallest absolute Gasteiger partial charge is 0.412 e. The molecule has 18 aromatic carbocycles. The van der Waals surface area contributed by atoms with Gasteiger partial charge in [-0.05, 0) is 168 Å². The molecule has 0 aliphatic carbocycles. The number of benzene rings is 18. The Morgan fingerprint density at radius 3 is 0.324 bits per heavy atom. The van der Waals surface area contributed by atoms with E-state index in [0.29, 0.717) is 0 Å². The Balaban J connectivity index is 0.000000151. The fourth-order valence-corrected chi connectivity index (χ4v) is 25.2. The molecule has 0 saturated heterocycles. The first-order chi connectivity index (χ1) is 71.0. The first-order valence-corrected chi connectivity index (χ1v) is 51.9. The fraction of sp³-hybridized carbons (Fsp3) is 0. The Labute approximate surface area is 886 Å². The van der Waals surface area contributed by atoms with Crippen LogP contribution in [0.2, 0.25) is 0 Å². The van der Waals surface area contributed by atoms with Gasteiger partial charge < -0.3 is 41.6 Å². The molecule has 0 saturated carbocycles. The Morgan fingerprint density at radius 2 is 0.223 bits per heavy atom. The molecule has 4 N–H and O–H groups in total. The number of rotatable bonds is 15. The van der Waals surface area contributed by atoms with Crippen LogP contribution in [0.4, 0.5) is 0 Å². The summed E-state index contributed by atoms with van der Waals surface area (Å²) in [5.41, 5.74) is 11.5. The van der Waals surface area contributed by atoms with E-state index < -0.39 is 41.9 Å². The van der Waals surface area contributed by atoms with Crippen molar-refractivity contribution in [1.82, 2.24) is 29.9 Å². The topological polar surface area (TPSA) is 273 Å². The number of pyridine rings is 6. The zero-order valence-corrected chi connectivity index (χ0v) is 85.3. The van der Waals surface area contributed by atoms with E-state index in [4.69, 9.17) is 30.6 Å². The maximum absolute atomic E-state index is 8.25. The maximum atomic E-state index is 8.25.